The number of fused-ring (bicyclic) bond motifs is 1. The van der Waals surface area contributed by atoms with Crippen molar-refractivity contribution in [1.29, 1.82) is 0 Å². The van der Waals surface area contributed by atoms with Crippen LogP contribution in [0.4, 0.5) is 0 Å². The summed E-state index contributed by atoms with van der Waals surface area (Å²) in [7, 11) is 0. The molecule has 1 saturated heterocycles. The Bertz CT molecular complexity index is 937. The van der Waals surface area contributed by atoms with Crippen LogP contribution < -0.4 is 10.1 Å². The van der Waals surface area contributed by atoms with E-state index in [4.69, 9.17) is 15.9 Å². The Kier molecular flexibility index (Phi) is 5.36. The SMILES string of the molecule is C#CCOCCOc1ccc2c(c1)C(=O)N(C1CCC(=O)NC1=O)C2=C1CCC1. The Morgan fingerprint density at radius 3 is 2.66 bits per heavy atom. The maximum Gasteiger partial charge on any atom is 0.259 e. The van der Waals surface area contributed by atoms with Crippen LogP contribution in [-0.4, -0.2) is 48.5 Å². The average Bonchev–Trinajstić information content (AvgIpc) is 2.93. The third kappa shape index (κ3) is 3.64. The van der Waals surface area contributed by atoms with E-state index in [0.717, 1.165) is 30.5 Å². The highest BCUT2D eigenvalue weighted by atomic mass is 16.5. The maximum atomic E-state index is 13.3. The molecule has 2 fully saturated rings. The number of piperidine rings is 1. The zero-order valence-electron chi connectivity index (χ0n) is 16.0. The summed E-state index contributed by atoms with van der Waals surface area (Å²) in [6.07, 6.45) is 8.59. The lowest BCUT2D eigenvalue weighted by molar-refractivity contribution is -0.136. The molecular formula is C22H22N2O5. The van der Waals surface area contributed by atoms with Gasteiger partial charge in [0.05, 0.1) is 17.9 Å². The van der Waals surface area contributed by atoms with Gasteiger partial charge in [0.15, 0.2) is 0 Å². The lowest BCUT2D eigenvalue weighted by Gasteiger charge is -2.33. The molecule has 150 valence electrons. The molecule has 1 aliphatic carbocycles. The van der Waals surface area contributed by atoms with Crippen LogP contribution >= 0.6 is 0 Å². The predicted octanol–water partition coefficient (Wildman–Crippen LogP) is 1.87. The minimum Gasteiger partial charge on any atom is -0.491 e. The summed E-state index contributed by atoms with van der Waals surface area (Å²) in [5.74, 6) is 2.01. The zero-order valence-corrected chi connectivity index (χ0v) is 16.0. The first kappa shape index (κ1) is 19.2. The largest absolute Gasteiger partial charge is 0.491 e. The van der Waals surface area contributed by atoms with Gasteiger partial charge in [-0.3, -0.25) is 24.6 Å². The summed E-state index contributed by atoms with van der Waals surface area (Å²) in [5, 5.41) is 2.36. The number of nitrogens with zero attached hydrogens (tertiary/aromatic N) is 1. The number of rotatable bonds is 6. The van der Waals surface area contributed by atoms with Crippen molar-refractivity contribution in [1.82, 2.24) is 10.2 Å². The number of carbonyl (C=O) groups excluding carboxylic acids is 3. The fraction of sp³-hybridized carbons (Fsp3) is 0.409. The zero-order chi connectivity index (χ0) is 20.4. The number of hydrogen-bond donors (Lipinski definition) is 1. The van der Waals surface area contributed by atoms with Gasteiger partial charge in [0.1, 0.15) is 25.0 Å². The number of allylic oxidation sites excluding steroid dienone is 1. The van der Waals surface area contributed by atoms with E-state index >= 15 is 0 Å². The van der Waals surface area contributed by atoms with Crippen molar-refractivity contribution in [3.63, 3.8) is 0 Å². The van der Waals surface area contributed by atoms with Crippen molar-refractivity contribution in [3.05, 3.63) is 34.9 Å². The van der Waals surface area contributed by atoms with Gasteiger partial charge in [-0.15, -0.1) is 6.42 Å². The Morgan fingerprint density at radius 2 is 1.97 bits per heavy atom. The third-order valence-corrected chi connectivity index (χ3v) is 5.43. The van der Waals surface area contributed by atoms with Gasteiger partial charge in [-0.25, -0.2) is 0 Å². The Balaban J connectivity index is 1.60. The first-order valence-electron chi connectivity index (χ1n) is 9.78. The van der Waals surface area contributed by atoms with Crippen LogP contribution in [0.2, 0.25) is 0 Å². The van der Waals surface area contributed by atoms with Crippen molar-refractivity contribution in [2.75, 3.05) is 19.8 Å². The standard InChI is InChI=1S/C22H22N2O5/c1-2-10-28-11-12-29-15-6-7-16-17(13-15)22(27)24(20(16)14-4-3-5-14)18-8-9-19(25)23-21(18)26/h1,6-7,13,18H,3-5,8-12H2,(H,23,25,26). The van der Waals surface area contributed by atoms with Crippen LogP contribution in [0.5, 0.6) is 5.75 Å². The van der Waals surface area contributed by atoms with Crippen LogP contribution in [0.3, 0.4) is 0 Å². The van der Waals surface area contributed by atoms with E-state index in [2.05, 4.69) is 11.2 Å². The van der Waals surface area contributed by atoms with Crippen LogP contribution in [0.15, 0.2) is 23.8 Å². The van der Waals surface area contributed by atoms with Crippen LogP contribution in [0, 0.1) is 12.3 Å². The molecule has 0 spiro atoms. The van der Waals surface area contributed by atoms with E-state index in [1.165, 1.54) is 5.57 Å². The predicted molar refractivity (Wildman–Crippen MR) is 105 cm³/mol. The van der Waals surface area contributed by atoms with Crippen molar-refractivity contribution in [2.24, 2.45) is 0 Å². The number of hydrogen-bond acceptors (Lipinski definition) is 5. The normalized spacial score (nSPS) is 20.9. The third-order valence-electron chi connectivity index (χ3n) is 5.43. The smallest absolute Gasteiger partial charge is 0.259 e. The average molecular weight is 394 g/mol. The summed E-state index contributed by atoms with van der Waals surface area (Å²) in [6, 6.07) is 4.74. The topological polar surface area (TPSA) is 84.9 Å². The summed E-state index contributed by atoms with van der Waals surface area (Å²) in [4.78, 5) is 38.9. The summed E-state index contributed by atoms with van der Waals surface area (Å²) < 4.78 is 10.9. The molecule has 1 aromatic carbocycles. The molecule has 0 bridgehead atoms. The molecule has 2 aliphatic heterocycles. The highest BCUT2D eigenvalue weighted by Crippen LogP contribution is 2.44. The molecule has 1 aromatic rings. The Labute approximate surface area is 169 Å². The van der Waals surface area contributed by atoms with Crippen molar-refractivity contribution >= 4 is 23.4 Å². The molecule has 29 heavy (non-hydrogen) atoms. The summed E-state index contributed by atoms with van der Waals surface area (Å²) in [5.41, 5.74) is 3.35. The quantitative estimate of drug-likeness (QED) is 0.452. The van der Waals surface area contributed by atoms with E-state index in [-0.39, 0.29) is 24.8 Å². The second-order valence-electron chi connectivity index (χ2n) is 7.26. The van der Waals surface area contributed by atoms with Crippen molar-refractivity contribution in [3.8, 4) is 18.1 Å². The van der Waals surface area contributed by atoms with Gasteiger partial charge in [0.25, 0.3) is 5.91 Å². The van der Waals surface area contributed by atoms with Gasteiger partial charge in [0, 0.05) is 12.0 Å². The summed E-state index contributed by atoms with van der Waals surface area (Å²) >= 11 is 0. The van der Waals surface area contributed by atoms with E-state index in [0.29, 0.717) is 30.9 Å². The second-order valence-corrected chi connectivity index (χ2v) is 7.26. The van der Waals surface area contributed by atoms with E-state index in [1.807, 2.05) is 12.1 Å². The molecule has 1 unspecified atom stereocenters. The number of carbonyl (C=O) groups is 3. The Morgan fingerprint density at radius 1 is 1.14 bits per heavy atom. The van der Waals surface area contributed by atoms with Gasteiger partial charge in [-0.1, -0.05) is 5.92 Å². The molecule has 1 atom stereocenters. The van der Waals surface area contributed by atoms with Gasteiger partial charge in [0.2, 0.25) is 11.8 Å². The molecule has 0 aromatic heterocycles. The van der Waals surface area contributed by atoms with Gasteiger partial charge in [-0.2, -0.15) is 0 Å². The van der Waals surface area contributed by atoms with Crippen LogP contribution in [-0.2, 0) is 14.3 Å². The van der Waals surface area contributed by atoms with Crippen LogP contribution in [0.1, 0.15) is 48.0 Å². The summed E-state index contributed by atoms with van der Waals surface area (Å²) in [6.45, 7) is 0.899. The molecule has 0 radical (unpaired) electrons. The first-order chi connectivity index (χ1) is 14.1. The molecule has 7 nitrogen and oxygen atoms in total. The Hall–Kier alpha value is -3.11. The van der Waals surface area contributed by atoms with E-state index in [9.17, 15) is 14.4 Å². The number of amides is 3. The highest BCUT2D eigenvalue weighted by Gasteiger charge is 2.43. The van der Waals surface area contributed by atoms with Gasteiger partial charge >= 0.3 is 0 Å². The number of benzene rings is 1. The number of ether oxygens (including phenoxy) is 2. The minimum absolute atomic E-state index is 0.224. The molecule has 2 heterocycles. The molecule has 3 aliphatic rings. The van der Waals surface area contributed by atoms with Crippen molar-refractivity contribution in [2.45, 2.75) is 38.1 Å². The number of nitrogens with one attached hydrogen (secondary N) is 1. The molecule has 4 rings (SSSR count). The molecule has 1 N–H and O–H groups in total. The second kappa shape index (κ2) is 8.10. The molecule has 7 heteroatoms. The van der Waals surface area contributed by atoms with Gasteiger partial charge in [-0.05, 0) is 49.5 Å². The lowest BCUT2D eigenvalue weighted by atomic mass is 9.87. The monoisotopic (exact) mass is 394 g/mol. The van der Waals surface area contributed by atoms with E-state index in [1.54, 1.807) is 11.0 Å². The number of imide groups is 1. The first-order valence-corrected chi connectivity index (χ1v) is 9.78. The van der Waals surface area contributed by atoms with Crippen LogP contribution in [0.25, 0.3) is 5.70 Å². The van der Waals surface area contributed by atoms with Crippen molar-refractivity contribution < 1.29 is 23.9 Å². The van der Waals surface area contributed by atoms with E-state index < -0.39 is 11.9 Å². The maximum absolute atomic E-state index is 13.3. The fourth-order valence-corrected chi connectivity index (χ4v) is 3.88. The lowest BCUT2D eigenvalue weighted by Crippen LogP contribution is -2.52. The fourth-order valence-electron chi connectivity index (χ4n) is 3.88. The molecule has 1 saturated carbocycles. The van der Waals surface area contributed by atoms with Gasteiger partial charge < -0.3 is 9.47 Å². The molecular weight excluding hydrogens is 372 g/mol. The minimum atomic E-state index is -0.669. The number of terminal acetylenes is 1. The molecule has 3 amide bonds. The highest BCUT2D eigenvalue weighted by molar-refractivity contribution is 6.13.